The van der Waals surface area contributed by atoms with Crippen molar-refractivity contribution in [3.8, 4) is 5.75 Å². The maximum absolute atomic E-state index is 12.6. The Kier molecular flexibility index (Phi) is 7.63. The maximum Gasteiger partial charge on any atom is 0.262 e. The highest BCUT2D eigenvalue weighted by Crippen LogP contribution is 2.21. The van der Waals surface area contributed by atoms with E-state index in [-0.39, 0.29) is 18.4 Å². The molecule has 0 aliphatic rings. The van der Waals surface area contributed by atoms with Crippen LogP contribution in [0.4, 0.5) is 5.69 Å². The molecule has 2 amide bonds. The van der Waals surface area contributed by atoms with Crippen LogP contribution in [-0.4, -0.2) is 25.0 Å². The molecule has 0 radical (unpaired) electrons. The smallest absolute Gasteiger partial charge is 0.262 e. The number of amides is 2. The first kappa shape index (κ1) is 21.6. The summed E-state index contributed by atoms with van der Waals surface area (Å²) in [7, 11) is 0. The van der Waals surface area contributed by atoms with Crippen LogP contribution in [0.5, 0.6) is 5.75 Å². The highest BCUT2D eigenvalue weighted by Gasteiger charge is 2.13. The average molecular weight is 467 g/mol. The lowest BCUT2D eigenvalue weighted by Crippen LogP contribution is -2.28. The molecule has 3 aromatic carbocycles. The Labute approximate surface area is 184 Å². The second-order valence-corrected chi connectivity index (χ2v) is 7.64. The van der Waals surface area contributed by atoms with Crippen LogP contribution < -0.4 is 15.4 Å². The van der Waals surface area contributed by atoms with Gasteiger partial charge in [0.05, 0.1) is 11.3 Å². The molecular weight excluding hydrogens is 444 g/mol. The molecule has 0 aromatic heterocycles. The van der Waals surface area contributed by atoms with E-state index >= 15 is 0 Å². The second-order valence-electron chi connectivity index (χ2n) is 6.78. The van der Waals surface area contributed by atoms with Crippen LogP contribution in [0.3, 0.4) is 0 Å². The van der Waals surface area contributed by atoms with Gasteiger partial charge in [0.2, 0.25) is 0 Å². The fourth-order valence-corrected chi connectivity index (χ4v) is 3.14. The van der Waals surface area contributed by atoms with Crippen molar-refractivity contribution in [2.24, 2.45) is 0 Å². The zero-order valence-electron chi connectivity index (χ0n) is 16.7. The van der Waals surface area contributed by atoms with Crippen LogP contribution in [0.1, 0.15) is 21.5 Å². The van der Waals surface area contributed by atoms with Crippen molar-refractivity contribution in [3.05, 3.63) is 94.0 Å². The van der Waals surface area contributed by atoms with Crippen LogP contribution in [0, 0.1) is 6.92 Å². The van der Waals surface area contributed by atoms with E-state index in [1.54, 1.807) is 30.3 Å². The zero-order chi connectivity index (χ0) is 21.3. The van der Waals surface area contributed by atoms with E-state index in [4.69, 9.17) is 4.74 Å². The van der Waals surface area contributed by atoms with Gasteiger partial charge in [0.15, 0.2) is 6.61 Å². The summed E-state index contributed by atoms with van der Waals surface area (Å²) in [6.07, 6.45) is 0.738. The summed E-state index contributed by atoms with van der Waals surface area (Å²) in [6, 6.07) is 22.4. The van der Waals surface area contributed by atoms with Crippen molar-refractivity contribution in [2.75, 3.05) is 18.5 Å². The Balaban J connectivity index is 1.55. The number of hydrogen-bond acceptors (Lipinski definition) is 3. The van der Waals surface area contributed by atoms with Gasteiger partial charge in [-0.1, -0.05) is 58.4 Å². The number of hydrogen-bond donors (Lipinski definition) is 2. The Morgan fingerprint density at radius 2 is 1.70 bits per heavy atom. The minimum Gasteiger partial charge on any atom is -0.484 e. The van der Waals surface area contributed by atoms with Gasteiger partial charge in [0.1, 0.15) is 5.75 Å². The summed E-state index contributed by atoms with van der Waals surface area (Å²) in [5.41, 5.74) is 3.04. The third-order valence-electron chi connectivity index (χ3n) is 4.49. The molecule has 0 saturated heterocycles. The monoisotopic (exact) mass is 466 g/mol. The molecular formula is C24H23BrN2O3. The first-order valence-electron chi connectivity index (χ1n) is 9.63. The molecule has 154 valence electrons. The topological polar surface area (TPSA) is 67.4 Å². The number of carbonyl (C=O) groups excluding carboxylic acids is 2. The van der Waals surface area contributed by atoms with E-state index in [1.807, 2.05) is 49.4 Å². The van der Waals surface area contributed by atoms with Crippen molar-refractivity contribution in [3.63, 3.8) is 0 Å². The molecule has 30 heavy (non-hydrogen) atoms. The van der Waals surface area contributed by atoms with Crippen molar-refractivity contribution in [2.45, 2.75) is 13.3 Å². The fourth-order valence-electron chi connectivity index (χ4n) is 2.89. The van der Waals surface area contributed by atoms with Crippen molar-refractivity contribution in [1.29, 1.82) is 0 Å². The first-order valence-corrected chi connectivity index (χ1v) is 10.4. The molecule has 3 aromatic rings. The highest BCUT2D eigenvalue weighted by atomic mass is 79.9. The highest BCUT2D eigenvalue weighted by molar-refractivity contribution is 9.10. The van der Waals surface area contributed by atoms with Gasteiger partial charge in [-0.3, -0.25) is 9.59 Å². The van der Waals surface area contributed by atoms with Gasteiger partial charge in [-0.05, 0) is 54.8 Å². The lowest BCUT2D eigenvalue weighted by atomic mass is 10.1. The van der Waals surface area contributed by atoms with Gasteiger partial charge in [0.25, 0.3) is 11.8 Å². The molecule has 3 rings (SSSR count). The fraction of sp³-hybridized carbons (Fsp3) is 0.167. The molecule has 0 atom stereocenters. The summed E-state index contributed by atoms with van der Waals surface area (Å²) in [5, 5.41) is 5.67. The molecule has 0 aliphatic carbocycles. The summed E-state index contributed by atoms with van der Waals surface area (Å²) >= 11 is 3.43. The lowest BCUT2D eigenvalue weighted by Gasteiger charge is -2.12. The standard InChI is InChI=1S/C24H23BrN2O3/c1-17-15-19(11-12-21(17)25)30-16-23(28)27-22-10-6-5-9-20(22)24(29)26-14-13-18-7-3-2-4-8-18/h2-12,15H,13-14,16H2,1H3,(H,26,29)(H,27,28). The number of carbonyl (C=O) groups is 2. The number of nitrogens with one attached hydrogen (secondary N) is 2. The first-order chi connectivity index (χ1) is 14.5. The number of para-hydroxylation sites is 1. The van der Waals surface area contributed by atoms with Crippen molar-refractivity contribution in [1.82, 2.24) is 5.32 Å². The minimum absolute atomic E-state index is 0.148. The molecule has 0 unspecified atom stereocenters. The number of aryl methyl sites for hydroxylation is 1. The zero-order valence-corrected chi connectivity index (χ0v) is 18.2. The van der Waals surface area contributed by atoms with Gasteiger partial charge in [-0.15, -0.1) is 0 Å². The van der Waals surface area contributed by atoms with Gasteiger partial charge in [0, 0.05) is 11.0 Å². The molecule has 0 spiro atoms. The molecule has 0 aliphatic heterocycles. The Hall–Kier alpha value is -3.12. The quantitative estimate of drug-likeness (QED) is 0.503. The largest absolute Gasteiger partial charge is 0.484 e. The van der Waals surface area contributed by atoms with Crippen LogP contribution in [-0.2, 0) is 11.2 Å². The Morgan fingerprint density at radius 1 is 0.967 bits per heavy atom. The van der Waals surface area contributed by atoms with Crippen LogP contribution >= 0.6 is 15.9 Å². The van der Waals surface area contributed by atoms with Gasteiger partial charge in [-0.2, -0.15) is 0 Å². The number of anilines is 1. The van der Waals surface area contributed by atoms with E-state index < -0.39 is 0 Å². The van der Waals surface area contributed by atoms with E-state index in [2.05, 4.69) is 26.6 Å². The SMILES string of the molecule is Cc1cc(OCC(=O)Nc2ccccc2C(=O)NCCc2ccccc2)ccc1Br. The molecule has 0 saturated carbocycles. The predicted molar refractivity (Wildman–Crippen MR) is 122 cm³/mol. The molecule has 0 heterocycles. The predicted octanol–water partition coefficient (Wildman–Crippen LogP) is 4.75. The average Bonchev–Trinajstić information content (AvgIpc) is 2.75. The summed E-state index contributed by atoms with van der Waals surface area (Å²) < 4.78 is 6.53. The summed E-state index contributed by atoms with van der Waals surface area (Å²) in [4.78, 5) is 24.9. The molecule has 0 fully saturated rings. The van der Waals surface area contributed by atoms with E-state index in [1.165, 1.54) is 0 Å². The van der Waals surface area contributed by atoms with Crippen LogP contribution in [0.25, 0.3) is 0 Å². The molecule has 5 nitrogen and oxygen atoms in total. The number of rotatable bonds is 8. The van der Waals surface area contributed by atoms with Crippen LogP contribution in [0.2, 0.25) is 0 Å². The maximum atomic E-state index is 12.6. The normalized spacial score (nSPS) is 10.3. The summed E-state index contributed by atoms with van der Waals surface area (Å²) in [5.74, 6) is 0.0455. The molecule has 6 heteroatoms. The third kappa shape index (κ3) is 6.19. The second kappa shape index (κ2) is 10.6. The van der Waals surface area contributed by atoms with E-state index in [0.717, 1.165) is 22.0 Å². The lowest BCUT2D eigenvalue weighted by molar-refractivity contribution is -0.118. The summed E-state index contributed by atoms with van der Waals surface area (Å²) in [6.45, 7) is 2.31. The number of ether oxygens (including phenoxy) is 1. The minimum atomic E-state index is -0.333. The molecule has 2 N–H and O–H groups in total. The van der Waals surface area contributed by atoms with Gasteiger partial charge < -0.3 is 15.4 Å². The van der Waals surface area contributed by atoms with Crippen molar-refractivity contribution >= 4 is 33.4 Å². The van der Waals surface area contributed by atoms with Gasteiger partial charge >= 0.3 is 0 Å². The van der Waals surface area contributed by atoms with Crippen molar-refractivity contribution < 1.29 is 14.3 Å². The third-order valence-corrected chi connectivity index (χ3v) is 5.38. The Morgan fingerprint density at radius 3 is 2.47 bits per heavy atom. The Bertz CT molecular complexity index is 1020. The number of halogens is 1. The number of benzene rings is 3. The van der Waals surface area contributed by atoms with Crippen LogP contribution in [0.15, 0.2) is 77.3 Å². The molecule has 0 bridgehead atoms. The van der Waals surface area contributed by atoms with Gasteiger partial charge in [-0.25, -0.2) is 0 Å². The van der Waals surface area contributed by atoms with E-state index in [0.29, 0.717) is 23.5 Å². The van der Waals surface area contributed by atoms with E-state index in [9.17, 15) is 9.59 Å².